The molecule has 0 aromatic heterocycles. The lowest BCUT2D eigenvalue weighted by Gasteiger charge is -2.05. The van der Waals surface area contributed by atoms with Crippen molar-refractivity contribution in [3.63, 3.8) is 0 Å². The lowest BCUT2D eigenvalue weighted by Crippen LogP contribution is -2.18. The molecule has 0 amide bonds. The van der Waals surface area contributed by atoms with E-state index in [2.05, 4.69) is 12.2 Å². The van der Waals surface area contributed by atoms with Gasteiger partial charge in [0.2, 0.25) is 0 Å². The Bertz CT molecular complexity index is 306. The summed E-state index contributed by atoms with van der Waals surface area (Å²) in [6, 6.07) is 3.69. The molecular formula is C14H21F2N. The van der Waals surface area contributed by atoms with Gasteiger partial charge in [-0.05, 0) is 43.6 Å². The predicted octanol–water partition coefficient (Wildman–Crippen LogP) is 3.68. The zero-order chi connectivity index (χ0) is 12.5. The molecule has 1 N–H and O–H groups in total. The van der Waals surface area contributed by atoms with Crippen molar-refractivity contribution in [3.05, 3.63) is 35.4 Å². The van der Waals surface area contributed by atoms with Crippen molar-refractivity contribution in [2.45, 2.75) is 39.0 Å². The van der Waals surface area contributed by atoms with Crippen LogP contribution in [0.5, 0.6) is 0 Å². The molecule has 0 fully saturated rings. The molecule has 3 heteroatoms. The molecule has 1 rings (SSSR count). The van der Waals surface area contributed by atoms with Crippen LogP contribution in [0.4, 0.5) is 8.78 Å². The van der Waals surface area contributed by atoms with Crippen molar-refractivity contribution in [3.8, 4) is 0 Å². The third-order valence-corrected chi connectivity index (χ3v) is 2.72. The molecule has 0 radical (unpaired) electrons. The van der Waals surface area contributed by atoms with E-state index in [-0.39, 0.29) is 0 Å². The minimum atomic E-state index is -0.497. The Hall–Kier alpha value is -0.960. The summed E-state index contributed by atoms with van der Waals surface area (Å²) in [6.45, 7) is 3.94. The zero-order valence-corrected chi connectivity index (χ0v) is 10.4. The normalized spacial score (nSPS) is 10.8. The number of halogens is 2. The summed E-state index contributed by atoms with van der Waals surface area (Å²) in [6.07, 6.45) is 5.60. The van der Waals surface area contributed by atoms with Gasteiger partial charge in [-0.25, -0.2) is 8.78 Å². The number of hydrogen-bond acceptors (Lipinski definition) is 1. The highest BCUT2D eigenvalue weighted by molar-refractivity contribution is 5.18. The summed E-state index contributed by atoms with van der Waals surface area (Å²) >= 11 is 0. The van der Waals surface area contributed by atoms with Gasteiger partial charge in [-0.3, -0.25) is 0 Å². The molecule has 0 saturated heterocycles. The summed E-state index contributed by atoms with van der Waals surface area (Å²) < 4.78 is 25.8. The number of unbranched alkanes of at least 4 members (excludes halogenated alkanes) is 3. The van der Waals surface area contributed by atoms with Crippen LogP contribution in [-0.2, 0) is 6.42 Å². The first kappa shape index (κ1) is 14.1. The number of rotatable bonds is 8. The third kappa shape index (κ3) is 6.37. The Kier molecular flexibility index (Phi) is 6.78. The number of nitrogens with one attached hydrogen (secondary N) is 1. The van der Waals surface area contributed by atoms with E-state index in [1.807, 2.05) is 0 Å². The van der Waals surface area contributed by atoms with Gasteiger partial charge < -0.3 is 5.32 Å². The van der Waals surface area contributed by atoms with Crippen LogP contribution < -0.4 is 5.32 Å². The Morgan fingerprint density at radius 3 is 2.29 bits per heavy atom. The van der Waals surface area contributed by atoms with Crippen LogP contribution in [0.3, 0.4) is 0 Å². The fourth-order valence-corrected chi connectivity index (χ4v) is 1.79. The molecule has 0 spiro atoms. The second kappa shape index (κ2) is 8.18. The van der Waals surface area contributed by atoms with Crippen molar-refractivity contribution in [1.29, 1.82) is 0 Å². The Morgan fingerprint density at radius 2 is 1.65 bits per heavy atom. The van der Waals surface area contributed by atoms with Gasteiger partial charge >= 0.3 is 0 Å². The second-order valence-electron chi connectivity index (χ2n) is 4.34. The maximum absolute atomic E-state index is 12.9. The molecule has 96 valence electrons. The molecule has 17 heavy (non-hydrogen) atoms. The van der Waals surface area contributed by atoms with Crippen molar-refractivity contribution >= 4 is 0 Å². The molecule has 0 bridgehead atoms. The highest BCUT2D eigenvalue weighted by Crippen LogP contribution is 2.08. The first-order chi connectivity index (χ1) is 8.22. The molecule has 0 unspecified atom stereocenters. The van der Waals surface area contributed by atoms with E-state index in [4.69, 9.17) is 0 Å². The summed E-state index contributed by atoms with van der Waals surface area (Å²) in [4.78, 5) is 0. The average Bonchev–Trinajstić information content (AvgIpc) is 2.26. The Labute approximate surface area is 102 Å². The van der Waals surface area contributed by atoms with Gasteiger partial charge in [0, 0.05) is 6.07 Å². The minimum Gasteiger partial charge on any atom is -0.316 e. The summed E-state index contributed by atoms with van der Waals surface area (Å²) in [5, 5.41) is 3.29. The van der Waals surface area contributed by atoms with Crippen LogP contribution in [-0.4, -0.2) is 13.1 Å². The van der Waals surface area contributed by atoms with Crippen LogP contribution in [0.1, 0.15) is 38.2 Å². The second-order valence-corrected chi connectivity index (χ2v) is 4.34. The fourth-order valence-electron chi connectivity index (χ4n) is 1.79. The standard InChI is InChI=1S/C14H21F2N/c1-2-3-4-5-7-17-8-6-12-9-13(15)11-14(16)10-12/h9-11,17H,2-8H2,1H3. The lowest BCUT2D eigenvalue weighted by atomic mass is 10.1. The average molecular weight is 241 g/mol. The molecule has 0 aliphatic heterocycles. The van der Waals surface area contributed by atoms with Gasteiger partial charge in [-0.1, -0.05) is 26.2 Å². The smallest absolute Gasteiger partial charge is 0.126 e. The van der Waals surface area contributed by atoms with Gasteiger partial charge in [0.1, 0.15) is 11.6 Å². The lowest BCUT2D eigenvalue weighted by molar-refractivity contribution is 0.574. The van der Waals surface area contributed by atoms with Crippen molar-refractivity contribution in [1.82, 2.24) is 5.32 Å². The van der Waals surface area contributed by atoms with Gasteiger partial charge in [0.25, 0.3) is 0 Å². The third-order valence-electron chi connectivity index (χ3n) is 2.72. The Morgan fingerprint density at radius 1 is 0.941 bits per heavy atom. The Balaban J connectivity index is 2.13. The summed E-state index contributed by atoms with van der Waals surface area (Å²) in [5.41, 5.74) is 0.712. The SMILES string of the molecule is CCCCCCNCCc1cc(F)cc(F)c1. The van der Waals surface area contributed by atoms with Gasteiger partial charge in [0.05, 0.1) is 0 Å². The van der Waals surface area contributed by atoms with Crippen molar-refractivity contribution < 1.29 is 8.78 Å². The summed E-state index contributed by atoms with van der Waals surface area (Å²) in [7, 11) is 0. The number of hydrogen-bond donors (Lipinski definition) is 1. The largest absolute Gasteiger partial charge is 0.316 e. The van der Waals surface area contributed by atoms with Gasteiger partial charge in [-0.2, -0.15) is 0 Å². The monoisotopic (exact) mass is 241 g/mol. The van der Waals surface area contributed by atoms with Crippen LogP contribution in [0.25, 0.3) is 0 Å². The molecule has 0 heterocycles. The van der Waals surface area contributed by atoms with E-state index in [9.17, 15) is 8.78 Å². The number of benzene rings is 1. The fraction of sp³-hybridized carbons (Fsp3) is 0.571. The maximum Gasteiger partial charge on any atom is 0.126 e. The topological polar surface area (TPSA) is 12.0 Å². The van der Waals surface area contributed by atoms with Crippen LogP contribution >= 0.6 is 0 Å². The first-order valence-corrected chi connectivity index (χ1v) is 6.38. The minimum absolute atomic E-state index is 0.497. The molecule has 0 saturated carbocycles. The van der Waals surface area contributed by atoms with E-state index in [0.29, 0.717) is 12.0 Å². The van der Waals surface area contributed by atoms with Crippen molar-refractivity contribution in [2.24, 2.45) is 0 Å². The quantitative estimate of drug-likeness (QED) is 0.685. The predicted molar refractivity (Wildman–Crippen MR) is 67.1 cm³/mol. The molecule has 1 aromatic carbocycles. The van der Waals surface area contributed by atoms with Crippen molar-refractivity contribution in [2.75, 3.05) is 13.1 Å². The molecule has 1 nitrogen and oxygen atoms in total. The van der Waals surface area contributed by atoms with E-state index >= 15 is 0 Å². The van der Waals surface area contributed by atoms with E-state index in [1.54, 1.807) is 0 Å². The molecule has 0 aliphatic carbocycles. The van der Waals surface area contributed by atoms with Crippen LogP contribution in [0.2, 0.25) is 0 Å². The molecule has 0 atom stereocenters. The van der Waals surface area contributed by atoms with E-state index < -0.39 is 11.6 Å². The van der Waals surface area contributed by atoms with Gasteiger partial charge in [-0.15, -0.1) is 0 Å². The summed E-state index contributed by atoms with van der Waals surface area (Å²) in [5.74, 6) is -0.995. The van der Waals surface area contributed by atoms with Gasteiger partial charge in [0.15, 0.2) is 0 Å². The van der Waals surface area contributed by atoms with E-state index in [1.165, 1.54) is 37.8 Å². The highest BCUT2D eigenvalue weighted by atomic mass is 19.1. The molecule has 1 aromatic rings. The zero-order valence-electron chi connectivity index (χ0n) is 10.4. The molecule has 0 aliphatic rings. The highest BCUT2D eigenvalue weighted by Gasteiger charge is 2.00. The first-order valence-electron chi connectivity index (χ1n) is 6.38. The molecular weight excluding hydrogens is 220 g/mol. The van der Waals surface area contributed by atoms with Crippen LogP contribution in [0, 0.1) is 11.6 Å². The van der Waals surface area contributed by atoms with Crippen LogP contribution in [0.15, 0.2) is 18.2 Å². The van der Waals surface area contributed by atoms with E-state index in [0.717, 1.165) is 19.2 Å². The maximum atomic E-state index is 12.9.